The second-order valence-corrected chi connectivity index (χ2v) is 3.96. The van der Waals surface area contributed by atoms with Crippen LogP contribution in [0.2, 0.25) is 0 Å². The van der Waals surface area contributed by atoms with E-state index in [1.54, 1.807) is 18.2 Å². The molecule has 0 spiro atoms. The highest BCUT2D eigenvalue weighted by Gasteiger charge is 2.28. The maximum Gasteiger partial charge on any atom is 0.249 e. The number of hydrogen-bond acceptors (Lipinski definition) is 3. The summed E-state index contributed by atoms with van der Waals surface area (Å²) in [7, 11) is 0. The summed E-state index contributed by atoms with van der Waals surface area (Å²) in [5, 5.41) is 9.16. The molecule has 1 atom stereocenters. The number of hydrogen-bond donors (Lipinski definition) is 1. The van der Waals surface area contributed by atoms with E-state index >= 15 is 0 Å². The van der Waals surface area contributed by atoms with Crippen LogP contribution in [0.3, 0.4) is 0 Å². The minimum Gasteiger partial charge on any atom is -0.394 e. The molecule has 1 aliphatic heterocycles. The van der Waals surface area contributed by atoms with Crippen molar-refractivity contribution < 1.29 is 19.0 Å². The lowest BCUT2D eigenvalue weighted by Crippen LogP contribution is -2.50. The Labute approximate surface area is 98.6 Å². The van der Waals surface area contributed by atoms with Crippen LogP contribution in [0.25, 0.3) is 0 Å². The van der Waals surface area contributed by atoms with Gasteiger partial charge in [-0.2, -0.15) is 0 Å². The summed E-state index contributed by atoms with van der Waals surface area (Å²) in [5.74, 6) is -0.568. The fourth-order valence-electron chi connectivity index (χ4n) is 1.84. The van der Waals surface area contributed by atoms with Gasteiger partial charge in [-0.3, -0.25) is 4.79 Å². The van der Waals surface area contributed by atoms with Crippen molar-refractivity contribution in [3.8, 4) is 0 Å². The molecule has 1 aromatic rings. The fourth-order valence-corrected chi connectivity index (χ4v) is 1.84. The highest BCUT2D eigenvalue weighted by molar-refractivity contribution is 5.78. The first kappa shape index (κ1) is 12.0. The number of ether oxygens (including phenoxy) is 1. The van der Waals surface area contributed by atoms with Crippen molar-refractivity contribution in [3.05, 3.63) is 35.6 Å². The number of amides is 1. The zero-order chi connectivity index (χ0) is 12.3. The number of aliphatic hydroxyl groups is 1. The van der Waals surface area contributed by atoms with Crippen LogP contribution in [-0.4, -0.2) is 41.8 Å². The van der Waals surface area contributed by atoms with E-state index in [9.17, 15) is 9.18 Å². The van der Waals surface area contributed by atoms with E-state index in [1.165, 1.54) is 11.0 Å². The van der Waals surface area contributed by atoms with Crippen molar-refractivity contribution in [2.75, 3.05) is 19.8 Å². The zero-order valence-corrected chi connectivity index (χ0v) is 9.30. The molecule has 1 aromatic carbocycles. The van der Waals surface area contributed by atoms with Crippen LogP contribution in [-0.2, 0) is 16.1 Å². The minimum atomic E-state index is -0.393. The number of carbonyl (C=O) groups excluding carboxylic acids is 1. The first-order valence-corrected chi connectivity index (χ1v) is 5.44. The third-order valence-corrected chi connectivity index (χ3v) is 2.81. The topological polar surface area (TPSA) is 49.8 Å². The summed E-state index contributed by atoms with van der Waals surface area (Å²) in [6.45, 7) is 0.266. The van der Waals surface area contributed by atoms with E-state index in [2.05, 4.69) is 0 Å². The van der Waals surface area contributed by atoms with Gasteiger partial charge in [0.25, 0.3) is 0 Å². The number of carbonyl (C=O) groups is 1. The lowest BCUT2D eigenvalue weighted by Gasteiger charge is -2.34. The van der Waals surface area contributed by atoms with Crippen LogP contribution in [0.15, 0.2) is 24.3 Å². The Balaban J connectivity index is 2.15. The molecular formula is C12H14FNO3. The van der Waals surface area contributed by atoms with E-state index in [-0.39, 0.29) is 38.1 Å². The number of morpholine rings is 1. The first-order chi connectivity index (χ1) is 8.22. The molecule has 17 heavy (non-hydrogen) atoms. The van der Waals surface area contributed by atoms with Crippen molar-refractivity contribution >= 4 is 5.91 Å². The lowest BCUT2D eigenvalue weighted by molar-refractivity contribution is -0.151. The Morgan fingerprint density at radius 2 is 2.24 bits per heavy atom. The predicted octanol–water partition coefficient (Wildman–Crippen LogP) is 0.545. The summed E-state index contributed by atoms with van der Waals surface area (Å²) in [6.07, 6.45) is 0. The Morgan fingerprint density at radius 3 is 2.94 bits per heavy atom. The minimum absolute atomic E-state index is 0.00898. The van der Waals surface area contributed by atoms with Gasteiger partial charge in [-0.25, -0.2) is 4.39 Å². The highest BCUT2D eigenvalue weighted by Crippen LogP contribution is 2.15. The monoisotopic (exact) mass is 239 g/mol. The molecule has 92 valence electrons. The zero-order valence-electron chi connectivity index (χ0n) is 9.30. The van der Waals surface area contributed by atoms with Crippen LogP contribution in [0.5, 0.6) is 0 Å². The first-order valence-electron chi connectivity index (χ1n) is 5.44. The van der Waals surface area contributed by atoms with Crippen LogP contribution < -0.4 is 0 Å². The summed E-state index contributed by atoms with van der Waals surface area (Å²) < 4.78 is 18.5. The third-order valence-electron chi connectivity index (χ3n) is 2.81. The smallest absolute Gasteiger partial charge is 0.249 e. The van der Waals surface area contributed by atoms with Crippen molar-refractivity contribution in [1.82, 2.24) is 4.90 Å². The van der Waals surface area contributed by atoms with E-state index < -0.39 is 6.04 Å². The summed E-state index contributed by atoms with van der Waals surface area (Å²) in [5.41, 5.74) is 0.446. The van der Waals surface area contributed by atoms with Crippen LogP contribution >= 0.6 is 0 Å². The number of nitrogens with zero attached hydrogens (tertiary/aromatic N) is 1. The van der Waals surface area contributed by atoms with Crippen LogP contribution in [0.1, 0.15) is 5.56 Å². The Kier molecular flexibility index (Phi) is 3.71. The molecule has 0 aliphatic carbocycles. The number of rotatable bonds is 3. The van der Waals surface area contributed by atoms with Gasteiger partial charge in [0.2, 0.25) is 5.91 Å². The molecule has 1 aliphatic rings. The second kappa shape index (κ2) is 5.25. The van der Waals surface area contributed by atoms with E-state index in [4.69, 9.17) is 9.84 Å². The van der Waals surface area contributed by atoms with Gasteiger partial charge in [-0.15, -0.1) is 0 Å². The maximum atomic E-state index is 13.5. The summed E-state index contributed by atoms with van der Waals surface area (Å²) in [6, 6.07) is 5.91. The van der Waals surface area contributed by atoms with Gasteiger partial charge in [-0.1, -0.05) is 18.2 Å². The van der Waals surface area contributed by atoms with Crippen molar-refractivity contribution in [2.24, 2.45) is 0 Å². The van der Waals surface area contributed by atoms with E-state index in [1.807, 2.05) is 0 Å². The average molecular weight is 239 g/mol. The molecule has 0 radical (unpaired) electrons. The van der Waals surface area contributed by atoms with Crippen molar-refractivity contribution in [1.29, 1.82) is 0 Å². The third kappa shape index (κ3) is 2.62. The largest absolute Gasteiger partial charge is 0.394 e. The van der Waals surface area contributed by atoms with Gasteiger partial charge in [0.1, 0.15) is 12.4 Å². The second-order valence-electron chi connectivity index (χ2n) is 3.96. The Bertz CT molecular complexity index is 410. The summed E-state index contributed by atoms with van der Waals surface area (Å²) in [4.78, 5) is 13.1. The standard InChI is InChI=1S/C12H14FNO3/c13-11-4-2-1-3-9(11)5-14-10(6-15)7-17-8-12(14)16/h1-4,10,15H,5-8H2. The number of benzene rings is 1. The molecule has 0 bridgehead atoms. The average Bonchev–Trinajstić information content (AvgIpc) is 2.34. The van der Waals surface area contributed by atoms with Crippen molar-refractivity contribution in [3.63, 3.8) is 0 Å². The highest BCUT2D eigenvalue weighted by atomic mass is 19.1. The fraction of sp³-hybridized carbons (Fsp3) is 0.417. The van der Waals surface area contributed by atoms with Gasteiger partial charge in [-0.05, 0) is 6.07 Å². The van der Waals surface area contributed by atoms with E-state index in [0.717, 1.165) is 0 Å². The molecule has 1 N–H and O–H groups in total. The molecule has 1 fully saturated rings. The molecule has 5 heteroatoms. The number of aliphatic hydroxyl groups excluding tert-OH is 1. The van der Waals surface area contributed by atoms with Crippen LogP contribution in [0.4, 0.5) is 4.39 Å². The van der Waals surface area contributed by atoms with Gasteiger partial charge in [0.15, 0.2) is 0 Å². The van der Waals surface area contributed by atoms with Gasteiger partial charge in [0.05, 0.1) is 19.3 Å². The predicted molar refractivity (Wildman–Crippen MR) is 58.6 cm³/mol. The normalized spacial score (nSPS) is 20.7. The molecule has 1 saturated heterocycles. The molecule has 1 heterocycles. The van der Waals surface area contributed by atoms with E-state index in [0.29, 0.717) is 5.56 Å². The Morgan fingerprint density at radius 1 is 1.47 bits per heavy atom. The van der Waals surface area contributed by atoms with Crippen LogP contribution in [0, 0.1) is 5.82 Å². The maximum absolute atomic E-state index is 13.5. The number of halogens is 1. The SMILES string of the molecule is O=C1COCC(CO)N1Cc1ccccc1F. The molecule has 1 amide bonds. The summed E-state index contributed by atoms with van der Waals surface area (Å²) >= 11 is 0. The van der Waals surface area contributed by atoms with Gasteiger partial charge in [0, 0.05) is 12.1 Å². The molecule has 4 nitrogen and oxygen atoms in total. The van der Waals surface area contributed by atoms with Gasteiger partial charge >= 0.3 is 0 Å². The quantitative estimate of drug-likeness (QED) is 0.837. The molecule has 0 saturated carbocycles. The van der Waals surface area contributed by atoms with Gasteiger partial charge < -0.3 is 14.7 Å². The molecule has 2 rings (SSSR count). The Hall–Kier alpha value is -1.46. The lowest BCUT2D eigenvalue weighted by atomic mass is 10.1. The molecular weight excluding hydrogens is 225 g/mol. The van der Waals surface area contributed by atoms with Crippen molar-refractivity contribution in [2.45, 2.75) is 12.6 Å². The molecule has 0 aromatic heterocycles. The molecule has 1 unspecified atom stereocenters.